The number of aryl methyl sites for hydroxylation is 1. The summed E-state index contributed by atoms with van der Waals surface area (Å²) in [6, 6.07) is 8.86. The molecule has 0 heterocycles. The van der Waals surface area contributed by atoms with Crippen LogP contribution in [0.2, 0.25) is 0 Å². The minimum atomic E-state index is 1.02. The zero-order valence-corrected chi connectivity index (χ0v) is 20.7. The molecule has 0 spiro atoms. The highest BCUT2D eigenvalue weighted by atomic mass is 14.3. The van der Waals surface area contributed by atoms with Gasteiger partial charge in [0.15, 0.2) is 0 Å². The van der Waals surface area contributed by atoms with Crippen molar-refractivity contribution >= 4 is 5.57 Å². The topological polar surface area (TPSA) is 0 Å². The van der Waals surface area contributed by atoms with Gasteiger partial charge in [0.1, 0.15) is 0 Å². The fourth-order valence-corrected chi connectivity index (χ4v) is 4.61. The molecular weight excluding hydrogens is 360 g/mol. The van der Waals surface area contributed by atoms with Crippen LogP contribution in [0.25, 0.3) is 5.57 Å². The molecule has 2 atom stereocenters. The zero-order chi connectivity index (χ0) is 22.6. The Morgan fingerprint density at radius 3 is 2.13 bits per heavy atom. The molecule has 1 aliphatic rings. The number of rotatable bonds is 10. The van der Waals surface area contributed by atoms with Crippen LogP contribution < -0.4 is 0 Å². The monoisotopic (exact) mass is 410 g/mol. The first kappa shape index (κ1) is 28.4. The second-order valence-electron chi connectivity index (χ2n) is 8.64. The molecule has 0 bridgehead atoms. The average Bonchev–Trinajstić information content (AvgIpc) is 2.75. The Morgan fingerprint density at radius 1 is 0.933 bits per heavy atom. The Bertz CT molecular complexity index is 559. The summed E-state index contributed by atoms with van der Waals surface area (Å²) in [5.41, 5.74) is 4.25. The van der Waals surface area contributed by atoms with Gasteiger partial charge >= 0.3 is 0 Å². The molecule has 170 valence electrons. The molecule has 2 rings (SSSR count). The molecule has 0 heteroatoms. The number of allylic oxidation sites excluding steroid dienone is 3. The maximum atomic E-state index is 4.38. The third-order valence-corrected chi connectivity index (χ3v) is 6.06. The molecule has 1 aliphatic carbocycles. The van der Waals surface area contributed by atoms with Crippen LogP contribution in [0.15, 0.2) is 56.2 Å². The Morgan fingerprint density at radius 2 is 1.53 bits per heavy atom. The van der Waals surface area contributed by atoms with Gasteiger partial charge in [0.2, 0.25) is 0 Å². The van der Waals surface area contributed by atoms with Gasteiger partial charge in [-0.25, -0.2) is 0 Å². The second kappa shape index (κ2) is 19.4. The SMILES string of the molecule is C=C(CCCCCC1CCCCC1CC)c1ccccc1CCC.C=CC.C=CC. The van der Waals surface area contributed by atoms with E-state index in [0.717, 1.165) is 11.8 Å². The largest absolute Gasteiger partial charge is 0.103 e. The van der Waals surface area contributed by atoms with Crippen molar-refractivity contribution in [1.29, 1.82) is 0 Å². The van der Waals surface area contributed by atoms with Crippen molar-refractivity contribution in [2.75, 3.05) is 0 Å². The smallest absolute Gasteiger partial charge is 0.0198 e. The van der Waals surface area contributed by atoms with Gasteiger partial charge in [-0.3, -0.25) is 0 Å². The lowest BCUT2D eigenvalue weighted by Crippen LogP contribution is -2.18. The van der Waals surface area contributed by atoms with Crippen molar-refractivity contribution in [3.8, 4) is 0 Å². The number of hydrogen-bond acceptors (Lipinski definition) is 0. The fraction of sp³-hybridized carbons (Fsp3) is 0.600. The molecule has 1 fully saturated rings. The minimum absolute atomic E-state index is 1.02. The molecule has 1 aromatic carbocycles. The van der Waals surface area contributed by atoms with E-state index in [1.165, 1.54) is 93.7 Å². The summed E-state index contributed by atoms with van der Waals surface area (Å²) in [5.74, 6) is 2.05. The van der Waals surface area contributed by atoms with Crippen molar-refractivity contribution in [3.05, 3.63) is 67.3 Å². The molecule has 30 heavy (non-hydrogen) atoms. The minimum Gasteiger partial charge on any atom is -0.103 e. The third-order valence-electron chi connectivity index (χ3n) is 6.06. The summed E-state index contributed by atoms with van der Waals surface area (Å²) < 4.78 is 0. The van der Waals surface area contributed by atoms with E-state index in [2.05, 4.69) is 57.8 Å². The Labute approximate surface area is 189 Å². The quantitative estimate of drug-likeness (QED) is 0.266. The molecule has 0 N–H and O–H groups in total. The summed E-state index contributed by atoms with van der Waals surface area (Å²) in [5, 5.41) is 0. The van der Waals surface area contributed by atoms with Crippen molar-refractivity contribution < 1.29 is 0 Å². The summed E-state index contributed by atoms with van der Waals surface area (Å²) in [7, 11) is 0. The van der Waals surface area contributed by atoms with E-state index in [-0.39, 0.29) is 0 Å². The lowest BCUT2D eigenvalue weighted by atomic mass is 9.75. The average molecular weight is 411 g/mol. The van der Waals surface area contributed by atoms with Crippen molar-refractivity contribution in [3.63, 3.8) is 0 Å². The molecule has 1 aromatic rings. The molecule has 0 saturated heterocycles. The van der Waals surface area contributed by atoms with Crippen LogP contribution in [0.4, 0.5) is 0 Å². The fourth-order valence-electron chi connectivity index (χ4n) is 4.61. The summed E-state index contributed by atoms with van der Waals surface area (Å²) >= 11 is 0. The van der Waals surface area contributed by atoms with E-state index in [9.17, 15) is 0 Å². The zero-order valence-electron chi connectivity index (χ0n) is 20.7. The van der Waals surface area contributed by atoms with E-state index >= 15 is 0 Å². The molecular formula is C30H50. The number of unbranched alkanes of at least 4 members (excludes halogenated alkanes) is 2. The normalized spacial score (nSPS) is 17.6. The lowest BCUT2D eigenvalue weighted by Gasteiger charge is -2.30. The highest BCUT2D eigenvalue weighted by molar-refractivity contribution is 5.66. The number of benzene rings is 1. The summed E-state index contributed by atoms with van der Waals surface area (Å²) in [6.07, 6.45) is 20.0. The van der Waals surface area contributed by atoms with Crippen LogP contribution >= 0.6 is 0 Å². The van der Waals surface area contributed by atoms with Gasteiger partial charge in [0.05, 0.1) is 0 Å². The Kier molecular flexibility index (Phi) is 18.4. The molecule has 2 unspecified atom stereocenters. The van der Waals surface area contributed by atoms with Crippen molar-refractivity contribution in [1.82, 2.24) is 0 Å². The van der Waals surface area contributed by atoms with E-state index in [1.54, 1.807) is 12.2 Å². The van der Waals surface area contributed by atoms with Gasteiger partial charge in [-0.15, -0.1) is 13.2 Å². The van der Waals surface area contributed by atoms with Crippen molar-refractivity contribution in [2.45, 2.75) is 105 Å². The lowest BCUT2D eigenvalue weighted by molar-refractivity contribution is 0.213. The molecule has 0 aromatic heterocycles. The van der Waals surface area contributed by atoms with E-state index in [0.29, 0.717) is 0 Å². The third kappa shape index (κ3) is 12.2. The first-order chi connectivity index (χ1) is 14.6. The van der Waals surface area contributed by atoms with Gasteiger partial charge in [0.25, 0.3) is 0 Å². The predicted molar refractivity (Wildman–Crippen MR) is 140 cm³/mol. The maximum Gasteiger partial charge on any atom is -0.0198 e. The van der Waals surface area contributed by atoms with Gasteiger partial charge in [-0.2, -0.15) is 0 Å². The van der Waals surface area contributed by atoms with E-state index in [4.69, 9.17) is 0 Å². The highest BCUT2D eigenvalue weighted by Gasteiger charge is 2.22. The van der Waals surface area contributed by atoms with Crippen LogP contribution in [-0.2, 0) is 6.42 Å². The van der Waals surface area contributed by atoms with Crippen LogP contribution in [0.5, 0.6) is 0 Å². The molecule has 1 saturated carbocycles. The second-order valence-corrected chi connectivity index (χ2v) is 8.64. The van der Waals surface area contributed by atoms with Gasteiger partial charge in [-0.1, -0.05) is 115 Å². The van der Waals surface area contributed by atoms with Gasteiger partial charge in [0, 0.05) is 0 Å². The Hall–Kier alpha value is -1.56. The van der Waals surface area contributed by atoms with E-state index in [1.807, 2.05) is 13.8 Å². The maximum absolute atomic E-state index is 4.38. The first-order valence-corrected chi connectivity index (χ1v) is 12.5. The van der Waals surface area contributed by atoms with Crippen molar-refractivity contribution in [2.24, 2.45) is 11.8 Å². The standard InChI is InChI=1S/C24H38.2C3H6/c1-4-13-23-18-11-12-19-24(23)20(3)14-7-6-8-16-22-17-10-9-15-21(22)5-2;2*1-3-2/h11-12,18-19,21-22H,3-10,13-17H2,1-2H3;2*3H,1H2,2H3. The summed E-state index contributed by atoms with van der Waals surface area (Å²) in [6.45, 7) is 19.5. The van der Waals surface area contributed by atoms with Crippen LogP contribution in [0.3, 0.4) is 0 Å². The van der Waals surface area contributed by atoms with E-state index < -0.39 is 0 Å². The number of hydrogen-bond donors (Lipinski definition) is 0. The van der Waals surface area contributed by atoms with Crippen LogP contribution in [0, 0.1) is 11.8 Å². The van der Waals surface area contributed by atoms with Crippen LogP contribution in [-0.4, -0.2) is 0 Å². The first-order valence-electron chi connectivity index (χ1n) is 12.5. The molecule has 0 amide bonds. The summed E-state index contributed by atoms with van der Waals surface area (Å²) in [4.78, 5) is 0. The molecule has 0 aliphatic heterocycles. The molecule has 0 radical (unpaired) electrons. The van der Waals surface area contributed by atoms with Gasteiger partial charge < -0.3 is 0 Å². The Balaban J connectivity index is 0.00000125. The highest BCUT2D eigenvalue weighted by Crippen LogP contribution is 2.35. The predicted octanol–water partition coefficient (Wildman–Crippen LogP) is 10.2. The molecule has 0 nitrogen and oxygen atoms in total. The van der Waals surface area contributed by atoms with Crippen LogP contribution in [0.1, 0.15) is 109 Å². The van der Waals surface area contributed by atoms with Gasteiger partial charge in [-0.05, 0) is 61.6 Å².